The van der Waals surface area contributed by atoms with Crippen LogP contribution in [0, 0.1) is 0 Å². The summed E-state index contributed by atoms with van der Waals surface area (Å²) >= 11 is 10.7. The van der Waals surface area contributed by atoms with Crippen LogP contribution in [0.1, 0.15) is 11.8 Å². The number of nitrogens with zero attached hydrogens (tertiary/aromatic N) is 1. The third-order valence-corrected chi connectivity index (χ3v) is 7.52. The molecule has 2 aromatic rings. The Kier molecular flexibility index (Phi) is 6.23. The number of hydrogen-bond acceptors (Lipinski definition) is 8. The summed E-state index contributed by atoms with van der Waals surface area (Å²) in [6, 6.07) is 6.45. The van der Waals surface area contributed by atoms with Gasteiger partial charge >= 0.3 is 18.3 Å². The Labute approximate surface area is 192 Å². The van der Waals surface area contributed by atoms with Gasteiger partial charge in [-0.3, -0.25) is 23.4 Å². The zero-order valence-corrected chi connectivity index (χ0v) is 18.6. The molecule has 1 saturated heterocycles. The molecule has 4 unspecified atom stereocenters. The number of ether oxygens (including phenoxy) is 1. The van der Waals surface area contributed by atoms with Gasteiger partial charge in [0.1, 0.15) is 10.8 Å². The van der Waals surface area contributed by atoms with E-state index in [-0.39, 0.29) is 16.9 Å². The molecule has 3 heterocycles. The van der Waals surface area contributed by atoms with Crippen molar-refractivity contribution in [2.75, 3.05) is 6.61 Å². The monoisotopic (exact) mass is 532 g/mol. The van der Waals surface area contributed by atoms with Crippen LogP contribution in [0.2, 0.25) is 5.02 Å². The van der Waals surface area contributed by atoms with Crippen molar-refractivity contribution >= 4 is 30.1 Å². The lowest BCUT2D eigenvalue weighted by Gasteiger charge is -2.35. The third kappa shape index (κ3) is 4.03. The van der Waals surface area contributed by atoms with Crippen molar-refractivity contribution in [1.29, 1.82) is 0 Å². The molecule has 0 bridgehead atoms. The molecule has 0 saturated carbocycles. The van der Waals surface area contributed by atoms with Gasteiger partial charge in [-0.05, 0) is 6.07 Å². The van der Waals surface area contributed by atoms with Gasteiger partial charge in [-0.1, -0.05) is 29.8 Å². The number of aliphatic hydroxyl groups excluding tert-OH is 1. The fourth-order valence-electron chi connectivity index (χ4n) is 3.28. The predicted octanol–water partition coefficient (Wildman–Crippen LogP) is 2.57. The first-order valence-corrected chi connectivity index (χ1v) is 12.0. The molecule has 2 aliphatic heterocycles. The van der Waals surface area contributed by atoms with Crippen LogP contribution in [-0.4, -0.2) is 45.3 Å². The highest BCUT2D eigenvalue weighted by molar-refractivity contribution is 8.07. The summed E-state index contributed by atoms with van der Waals surface area (Å²) in [5, 5.41) is 9.51. The van der Waals surface area contributed by atoms with Gasteiger partial charge in [0.15, 0.2) is 12.3 Å². The van der Waals surface area contributed by atoms with Crippen molar-refractivity contribution in [3.8, 4) is 5.75 Å². The highest BCUT2D eigenvalue weighted by Crippen LogP contribution is 2.58. The van der Waals surface area contributed by atoms with Crippen LogP contribution >= 0.6 is 18.3 Å². The summed E-state index contributed by atoms with van der Waals surface area (Å²) < 4.78 is 79.1. The first kappa shape index (κ1) is 24.3. The van der Waals surface area contributed by atoms with Gasteiger partial charge in [0.2, 0.25) is 5.60 Å². The number of benzene rings is 1. The Balaban J connectivity index is 1.65. The van der Waals surface area contributed by atoms with Gasteiger partial charge in [-0.15, -0.1) is 0 Å². The molecule has 1 aromatic carbocycles. The lowest BCUT2D eigenvalue weighted by atomic mass is 9.95. The SMILES string of the molecule is O=c1[nH]c(=O)n(C2OC(COP3(=S)OCc4ccccc4O3)(C(F)F)C(F)(F)C2O)cc1Cl. The molecule has 9 nitrogen and oxygen atoms in total. The van der Waals surface area contributed by atoms with Crippen LogP contribution in [0.3, 0.4) is 0 Å². The smallest absolute Gasteiger partial charge is 0.381 e. The zero-order chi connectivity index (χ0) is 24.2. The summed E-state index contributed by atoms with van der Waals surface area (Å²) in [5.74, 6) is -4.40. The second-order valence-electron chi connectivity index (χ2n) is 7.10. The Morgan fingerprint density at radius 2 is 2.06 bits per heavy atom. The largest absolute Gasteiger partial charge is 0.424 e. The van der Waals surface area contributed by atoms with Crippen molar-refractivity contribution in [2.45, 2.75) is 36.9 Å². The molecule has 180 valence electrons. The molecule has 0 aliphatic carbocycles. The Hall–Kier alpha value is -1.80. The van der Waals surface area contributed by atoms with Crippen LogP contribution in [0.15, 0.2) is 40.1 Å². The summed E-state index contributed by atoms with van der Waals surface area (Å²) in [6.45, 7) is -5.46. The van der Waals surface area contributed by atoms with Crippen molar-refractivity contribution in [3.05, 3.63) is 61.9 Å². The maximum absolute atomic E-state index is 15.0. The number of para-hydroxylation sites is 1. The van der Waals surface area contributed by atoms with E-state index in [9.17, 15) is 23.5 Å². The standard InChI is InChI=1S/C17H14ClF4N2O7PS/c18-9-5-24(15(27)23-12(9)26)13-11(25)17(21,22)16(30-13,14(19)20)7-29-32(33)28-6-8-3-1-2-4-10(8)31-32/h1-5,11,13-14,25H,6-7H2,(H,23,26,27). The Bertz CT molecular complexity index is 1240. The average Bonchev–Trinajstić information content (AvgIpc) is 2.96. The summed E-state index contributed by atoms with van der Waals surface area (Å²) in [5.41, 5.74) is -5.53. The first-order chi connectivity index (χ1) is 15.4. The van der Waals surface area contributed by atoms with E-state index < -0.39 is 59.9 Å². The third-order valence-electron chi connectivity index (χ3n) is 5.09. The Morgan fingerprint density at radius 3 is 2.76 bits per heavy atom. The van der Waals surface area contributed by atoms with Gasteiger partial charge in [0.05, 0.1) is 13.2 Å². The van der Waals surface area contributed by atoms with Crippen LogP contribution in [-0.2, 0) is 32.2 Å². The van der Waals surface area contributed by atoms with Gasteiger partial charge < -0.3 is 14.4 Å². The maximum atomic E-state index is 15.0. The van der Waals surface area contributed by atoms with Crippen molar-refractivity contribution in [1.82, 2.24) is 9.55 Å². The molecule has 2 aliphatic rings. The predicted molar refractivity (Wildman–Crippen MR) is 108 cm³/mol. The van der Waals surface area contributed by atoms with Crippen LogP contribution in [0.25, 0.3) is 0 Å². The van der Waals surface area contributed by atoms with E-state index in [1.165, 1.54) is 6.07 Å². The van der Waals surface area contributed by atoms with Crippen molar-refractivity contribution in [2.24, 2.45) is 0 Å². The number of aromatic nitrogens is 2. The molecule has 4 atom stereocenters. The number of aromatic amines is 1. The highest BCUT2D eigenvalue weighted by atomic mass is 35.5. The molecule has 33 heavy (non-hydrogen) atoms. The number of rotatable bonds is 5. The number of alkyl halides is 4. The quantitative estimate of drug-likeness (QED) is 0.446. The van der Waals surface area contributed by atoms with E-state index >= 15 is 8.78 Å². The first-order valence-electron chi connectivity index (χ1n) is 9.10. The van der Waals surface area contributed by atoms with Gasteiger partial charge in [0, 0.05) is 23.6 Å². The second-order valence-corrected chi connectivity index (χ2v) is 10.4. The number of hydrogen-bond donors (Lipinski definition) is 2. The molecule has 2 N–H and O–H groups in total. The highest BCUT2D eigenvalue weighted by Gasteiger charge is 2.74. The fraction of sp³-hybridized carbons (Fsp3) is 0.412. The maximum Gasteiger partial charge on any atom is 0.381 e. The van der Waals surface area contributed by atoms with Crippen molar-refractivity contribution in [3.63, 3.8) is 0 Å². The lowest BCUT2D eigenvalue weighted by Crippen LogP contribution is -2.57. The van der Waals surface area contributed by atoms with E-state index in [1.54, 1.807) is 23.2 Å². The van der Waals surface area contributed by atoms with Crippen LogP contribution < -0.4 is 15.8 Å². The molecular weight excluding hydrogens is 519 g/mol. The van der Waals surface area contributed by atoms with Gasteiger partial charge in [0.25, 0.3) is 12.0 Å². The summed E-state index contributed by atoms with van der Waals surface area (Å²) in [6.07, 6.45) is -8.61. The molecular formula is C17H14ClF4N2O7PS. The molecule has 0 amide bonds. The molecule has 1 aromatic heterocycles. The van der Waals surface area contributed by atoms with E-state index in [0.29, 0.717) is 11.8 Å². The van der Waals surface area contributed by atoms with E-state index in [4.69, 9.17) is 41.7 Å². The number of aliphatic hydroxyl groups is 1. The van der Waals surface area contributed by atoms with E-state index in [2.05, 4.69) is 0 Å². The fourth-order valence-corrected chi connectivity index (χ4v) is 5.24. The van der Waals surface area contributed by atoms with E-state index in [1.807, 2.05) is 0 Å². The number of H-pyrrole nitrogens is 1. The second kappa shape index (κ2) is 8.45. The minimum Gasteiger partial charge on any atom is -0.424 e. The number of halogens is 5. The Morgan fingerprint density at radius 1 is 1.36 bits per heavy atom. The minimum atomic E-state index is -4.64. The molecule has 0 spiro atoms. The zero-order valence-electron chi connectivity index (χ0n) is 16.1. The molecule has 1 fully saturated rings. The average molecular weight is 533 g/mol. The summed E-state index contributed by atoms with van der Waals surface area (Å²) in [7, 11) is 0. The topological polar surface area (TPSA) is 112 Å². The normalized spacial score (nSPS) is 30.8. The molecule has 0 radical (unpaired) electrons. The lowest BCUT2D eigenvalue weighted by molar-refractivity contribution is -0.242. The van der Waals surface area contributed by atoms with Crippen LogP contribution in [0.5, 0.6) is 5.75 Å². The summed E-state index contributed by atoms with van der Waals surface area (Å²) in [4.78, 5) is 25.2. The van der Waals surface area contributed by atoms with Gasteiger partial charge in [-0.25, -0.2) is 13.6 Å². The number of fused-ring (bicyclic) bond motifs is 1. The van der Waals surface area contributed by atoms with Gasteiger partial charge in [-0.2, -0.15) is 8.78 Å². The van der Waals surface area contributed by atoms with Crippen LogP contribution in [0.4, 0.5) is 17.6 Å². The van der Waals surface area contributed by atoms with Crippen molar-refractivity contribution < 1.29 is 41.0 Å². The minimum absolute atomic E-state index is 0.108. The van der Waals surface area contributed by atoms with E-state index in [0.717, 1.165) is 0 Å². The molecule has 16 heteroatoms. The molecule has 4 rings (SSSR count). The number of nitrogens with one attached hydrogen (secondary N) is 1.